The lowest BCUT2D eigenvalue weighted by Gasteiger charge is -2.53. The number of benzene rings is 2. The van der Waals surface area contributed by atoms with Crippen molar-refractivity contribution >= 4 is 11.9 Å². The highest BCUT2D eigenvalue weighted by Crippen LogP contribution is 2.50. The number of nitrogens with zero attached hydrogens (tertiary/aromatic N) is 5. The molecule has 1 saturated heterocycles. The van der Waals surface area contributed by atoms with E-state index in [1.54, 1.807) is 13.4 Å². The lowest BCUT2D eigenvalue weighted by Crippen LogP contribution is -2.60. The van der Waals surface area contributed by atoms with Crippen molar-refractivity contribution in [1.82, 2.24) is 19.4 Å². The number of hydrogen-bond donors (Lipinski definition) is 0. The second-order valence-electron chi connectivity index (χ2n) is 11.5. The first-order valence-corrected chi connectivity index (χ1v) is 14.0. The fourth-order valence-corrected chi connectivity index (χ4v) is 6.74. The first-order valence-electron chi connectivity index (χ1n) is 14.0. The minimum Gasteiger partial charge on any atom is -0.495 e. The van der Waals surface area contributed by atoms with E-state index < -0.39 is 5.54 Å². The van der Waals surface area contributed by atoms with Gasteiger partial charge in [0.2, 0.25) is 0 Å². The molecule has 4 heterocycles. The fraction of sp³-hybridized carbons (Fsp3) is 0.303. The van der Waals surface area contributed by atoms with Crippen LogP contribution in [0.5, 0.6) is 5.75 Å². The van der Waals surface area contributed by atoms with Crippen LogP contribution in [-0.4, -0.2) is 45.5 Å². The van der Waals surface area contributed by atoms with Gasteiger partial charge in [0.15, 0.2) is 5.84 Å². The summed E-state index contributed by atoms with van der Waals surface area (Å²) in [4.78, 5) is 17.4. The zero-order valence-electron chi connectivity index (χ0n) is 23.5. The van der Waals surface area contributed by atoms with E-state index in [-0.39, 0.29) is 11.2 Å². The molecule has 2 atom stereocenters. The molecular formula is C33H32FN5O2. The average molecular weight is 550 g/mol. The number of halogens is 1. The van der Waals surface area contributed by atoms with E-state index in [1.807, 2.05) is 42.1 Å². The first-order chi connectivity index (χ1) is 19.9. The summed E-state index contributed by atoms with van der Waals surface area (Å²) in [5.41, 5.74) is 6.80. The predicted molar refractivity (Wildman–Crippen MR) is 156 cm³/mol. The van der Waals surface area contributed by atoms with Crippen LogP contribution < -0.4 is 4.74 Å². The second kappa shape index (κ2) is 9.58. The third-order valence-electron chi connectivity index (χ3n) is 8.93. The van der Waals surface area contributed by atoms with Crippen molar-refractivity contribution in [3.8, 4) is 11.4 Å². The Morgan fingerprint density at radius 3 is 2.73 bits per heavy atom. The molecule has 1 fully saturated rings. The number of hydrogen-bond acceptors (Lipinski definition) is 6. The van der Waals surface area contributed by atoms with Gasteiger partial charge in [-0.2, -0.15) is 0 Å². The molecule has 1 aliphatic carbocycles. The Morgan fingerprint density at radius 2 is 1.95 bits per heavy atom. The summed E-state index contributed by atoms with van der Waals surface area (Å²) in [6.45, 7) is 5.28. The minimum absolute atomic E-state index is 0.120. The van der Waals surface area contributed by atoms with Crippen molar-refractivity contribution < 1.29 is 14.0 Å². The van der Waals surface area contributed by atoms with E-state index >= 15 is 0 Å². The van der Waals surface area contributed by atoms with Gasteiger partial charge in [-0.15, -0.1) is 0 Å². The number of imidazole rings is 1. The molecule has 0 bridgehead atoms. The number of pyridine rings is 1. The molecule has 0 saturated carbocycles. The number of methoxy groups -OCH3 is 1. The average Bonchev–Trinajstić information content (AvgIpc) is 3.57. The van der Waals surface area contributed by atoms with Crippen LogP contribution in [0.1, 0.15) is 47.8 Å². The summed E-state index contributed by atoms with van der Waals surface area (Å²) in [6, 6.07) is 17.2. The Hall–Kier alpha value is -4.46. The predicted octanol–water partition coefficient (Wildman–Crippen LogP) is 5.96. The number of piperidine rings is 1. The number of fused-ring (bicyclic) bond motifs is 3. The highest BCUT2D eigenvalue weighted by Gasteiger charge is 2.52. The normalized spacial score (nSPS) is 24.1. The van der Waals surface area contributed by atoms with Crippen molar-refractivity contribution in [2.24, 2.45) is 5.16 Å². The van der Waals surface area contributed by atoms with Crippen LogP contribution in [0.25, 0.3) is 11.8 Å². The lowest BCUT2D eigenvalue weighted by molar-refractivity contribution is -0.00834. The highest BCUT2D eigenvalue weighted by atomic mass is 19.1. The summed E-state index contributed by atoms with van der Waals surface area (Å²) in [5.74, 6) is 1.32. The van der Waals surface area contributed by atoms with Crippen molar-refractivity contribution in [3.05, 3.63) is 113 Å². The molecule has 2 aromatic heterocycles. The van der Waals surface area contributed by atoms with Crippen LogP contribution in [0.2, 0.25) is 0 Å². The van der Waals surface area contributed by atoms with E-state index in [9.17, 15) is 4.39 Å². The Bertz CT molecular complexity index is 1690. The number of oxime groups is 1. The number of aryl methyl sites for hydroxylation is 2. The number of rotatable bonds is 4. The summed E-state index contributed by atoms with van der Waals surface area (Å²) < 4.78 is 21.7. The van der Waals surface area contributed by atoms with Gasteiger partial charge in [0.1, 0.15) is 23.7 Å². The van der Waals surface area contributed by atoms with E-state index in [4.69, 9.17) is 14.6 Å². The quantitative estimate of drug-likeness (QED) is 0.315. The maximum absolute atomic E-state index is 13.9. The smallest absolute Gasteiger partial charge is 0.172 e. The zero-order valence-corrected chi connectivity index (χ0v) is 23.5. The SMILES string of the molecule is COc1cc(C=C2CC3(CCc4ncccc43)CN3C2=NOCC3(C)c2ccc(F)cc2)ccc1-n1cnc(C)c1. The van der Waals surface area contributed by atoms with Gasteiger partial charge in [0, 0.05) is 30.0 Å². The van der Waals surface area contributed by atoms with E-state index in [0.717, 1.165) is 65.5 Å². The molecule has 2 aliphatic heterocycles. The third kappa shape index (κ3) is 4.20. The van der Waals surface area contributed by atoms with Crippen LogP contribution >= 0.6 is 0 Å². The Morgan fingerprint density at radius 1 is 1.10 bits per heavy atom. The molecule has 0 N–H and O–H groups in total. The molecule has 4 aromatic rings. The van der Waals surface area contributed by atoms with Crippen LogP contribution in [0.3, 0.4) is 0 Å². The van der Waals surface area contributed by atoms with Crippen molar-refractivity contribution in [1.29, 1.82) is 0 Å². The molecule has 0 radical (unpaired) electrons. The third-order valence-corrected chi connectivity index (χ3v) is 8.93. The van der Waals surface area contributed by atoms with Crippen LogP contribution in [-0.2, 0) is 22.2 Å². The summed E-state index contributed by atoms with van der Waals surface area (Å²) in [6.07, 6.45) is 10.6. The number of aromatic nitrogens is 3. The minimum atomic E-state index is -0.525. The highest BCUT2D eigenvalue weighted by molar-refractivity contribution is 6.04. The van der Waals surface area contributed by atoms with Crippen molar-refractivity contribution in [2.45, 2.75) is 44.1 Å². The summed E-state index contributed by atoms with van der Waals surface area (Å²) in [5, 5.41) is 4.63. The second-order valence-corrected chi connectivity index (χ2v) is 11.5. The van der Waals surface area contributed by atoms with Crippen molar-refractivity contribution in [3.63, 3.8) is 0 Å². The molecular weight excluding hydrogens is 517 g/mol. The molecule has 2 unspecified atom stereocenters. The Labute approximate surface area is 239 Å². The summed E-state index contributed by atoms with van der Waals surface area (Å²) >= 11 is 0. The van der Waals surface area contributed by atoms with E-state index in [0.29, 0.717) is 6.61 Å². The summed E-state index contributed by atoms with van der Waals surface area (Å²) in [7, 11) is 1.69. The molecule has 3 aliphatic rings. The van der Waals surface area contributed by atoms with Gasteiger partial charge >= 0.3 is 0 Å². The molecule has 2 aromatic carbocycles. The maximum Gasteiger partial charge on any atom is 0.172 e. The maximum atomic E-state index is 13.9. The van der Waals surface area contributed by atoms with Crippen LogP contribution in [0, 0.1) is 12.7 Å². The number of amidine groups is 1. The van der Waals surface area contributed by atoms with E-state index in [1.165, 1.54) is 23.4 Å². The Kier molecular flexibility index (Phi) is 5.96. The Balaban J connectivity index is 1.35. The molecule has 208 valence electrons. The van der Waals surface area contributed by atoms with E-state index in [2.05, 4.69) is 52.3 Å². The molecule has 7 nitrogen and oxygen atoms in total. The van der Waals surface area contributed by atoms with Gasteiger partial charge < -0.3 is 19.0 Å². The molecule has 0 amide bonds. The van der Waals surface area contributed by atoms with Gasteiger partial charge in [-0.1, -0.05) is 29.4 Å². The fourth-order valence-electron chi connectivity index (χ4n) is 6.74. The zero-order chi connectivity index (χ0) is 28.2. The standard InChI is InChI=1S/C33H32FN5O2/c1-22-18-38(21-36-22)29-11-6-23(16-30(29)40-3)15-24-17-33(13-12-28-27(33)5-4-14-35-28)19-39-31(24)37-41-20-32(39,2)25-7-9-26(34)10-8-25/h4-11,14-16,18,21H,12-13,17,19-20H2,1-3H3. The lowest BCUT2D eigenvalue weighted by atomic mass is 9.71. The van der Waals surface area contributed by atoms with Gasteiger partial charge in [-0.3, -0.25) is 4.98 Å². The van der Waals surface area contributed by atoms with Gasteiger partial charge in [-0.05, 0) is 91.8 Å². The molecule has 7 rings (SSSR count). The topological polar surface area (TPSA) is 64.8 Å². The molecule has 1 spiro atoms. The van der Waals surface area contributed by atoms with Crippen molar-refractivity contribution in [2.75, 3.05) is 20.3 Å². The van der Waals surface area contributed by atoms with Gasteiger partial charge in [0.25, 0.3) is 0 Å². The monoisotopic (exact) mass is 549 g/mol. The largest absolute Gasteiger partial charge is 0.495 e. The molecule has 8 heteroatoms. The van der Waals surface area contributed by atoms with Crippen LogP contribution in [0.4, 0.5) is 4.39 Å². The van der Waals surface area contributed by atoms with Gasteiger partial charge in [-0.25, -0.2) is 9.37 Å². The first kappa shape index (κ1) is 25.5. The van der Waals surface area contributed by atoms with Gasteiger partial charge in [0.05, 0.1) is 24.8 Å². The number of ether oxygens (including phenoxy) is 1. The van der Waals surface area contributed by atoms with Crippen LogP contribution in [0.15, 0.2) is 84.0 Å². The molecule has 41 heavy (non-hydrogen) atoms.